The van der Waals surface area contributed by atoms with E-state index >= 15 is 0 Å². The average Bonchev–Trinajstić information content (AvgIpc) is 2.01. The highest BCUT2D eigenvalue weighted by Crippen LogP contribution is 2.29. The number of rotatable bonds is 0. The standard InChI is InChI=1S/C9H16N2O/c1-7-5-11(3)8(2)4-9(7,12)6-10/h7-8,12H,4-5H2,1-3H3/t7-,8+,9+/m0/s1. The van der Waals surface area contributed by atoms with Crippen LogP contribution in [-0.2, 0) is 0 Å². The van der Waals surface area contributed by atoms with Crippen molar-refractivity contribution in [2.45, 2.75) is 31.9 Å². The zero-order chi connectivity index (χ0) is 9.35. The Kier molecular flexibility index (Phi) is 2.41. The first-order chi connectivity index (χ1) is 5.49. The van der Waals surface area contributed by atoms with E-state index in [-0.39, 0.29) is 5.92 Å². The van der Waals surface area contributed by atoms with Gasteiger partial charge in [-0.15, -0.1) is 0 Å². The molecule has 0 aromatic carbocycles. The van der Waals surface area contributed by atoms with Crippen molar-refractivity contribution < 1.29 is 5.11 Å². The maximum absolute atomic E-state index is 9.85. The highest BCUT2D eigenvalue weighted by Gasteiger charge is 2.41. The summed E-state index contributed by atoms with van der Waals surface area (Å²) in [5.41, 5.74) is -1.11. The predicted molar refractivity (Wildman–Crippen MR) is 46.4 cm³/mol. The van der Waals surface area contributed by atoms with E-state index in [2.05, 4.69) is 4.90 Å². The van der Waals surface area contributed by atoms with Gasteiger partial charge in [-0.1, -0.05) is 6.92 Å². The SMILES string of the molecule is C[C@@H]1C[C@@](O)(C#N)[C@@H](C)CN1C. The third-order valence-corrected chi connectivity index (χ3v) is 2.93. The second kappa shape index (κ2) is 3.04. The monoisotopic (exact) mass is 168 g/mol. The lowest BCUT2D eigenvalue weighted by Crippen LogP contribution is -2.52. The zero-order valence-electron chi connectivity index (χ0n) is 7.91. The van der Waals surface area contributed by atoms with Crippen molar-refractivity contribution in [2.75, 3.05) is 13.6 Å². The molecule has 1 rings (SSSR count). The van der Waals surface area contributed by atoms with Crippen LogP contribution in [0.25, 0.3) is 0 Å². The average molecular weight is 168 g/mol. The van der Waals surface area contributed by atoms with Crippen molar-refractivity contribution in [3.63, 3.8) is 0 Å². The van der Waals surface area contributed by atoms with Gasteiger partial charge in [0, 0.05) is 24.9 Å². The Morgan fingerprint density at radius 2 is 2.17 bits per heavy atom. The van der Waals surface area contributed by atoms with Crippen LogP contribution in [0.15, 0.2) is 0 Å². The fourth-order valence-corrected chi connectivity index (χ4v) is 1.73. The fourth-order valence-electron chi connectivity index (χ4n) is 1.73. The summed E-state index contributed by atoms with van der Waals surface area (Å²) in [6.45, 7) is 4.75. The van der Waals surface area contributed by atoms with Gasteiger partial charge in [0.15, 0.2) is 5.60 Å². The number of hydrogen-bond donors (Lipinski definition) is 1. The summed E-state index contributed by atoms with van der Waals surface area (Å²) in [5, 5.41) is 18.7. The maximum atomic E-state index is 9.85. The summed E-state index contributed by atoms with van der Waals surface area (Å²) in [5.74, 6) is 0.0451. The first-order valence-electron chi connectivity index (χ1n) is 4.33. The van der Waals surface area contributed by atoms with Gasteiger partial charge in [0.05, 0.1) is 6.07 Å². The largest absolute Gasteiger partial charge is 0.375 e. The molecular formula is C9H16N2O. The minimum absolute atomic E-state index is 0.0451. The molecule has 0 saturated carbocycles. The van der Waals surface area contributed by atoms with Gasteiger partial charge in [-0.25, -0.2) is 0 Å². The molecule has 3 atom stereocenters. The molecule has 3 nitrogen and oxygen atoms in total. The summed E-state index contributed by atoms with van der Waals surface area (Å²) < 4.78 is 0. The molecule has 0 aromatic rings. The summed E-state index contributed by atoms with van der Waals surface area (Å²) in [6, 6.07) is 2.31. The smallest absolute Gasteiger partial charge is 0.156 e. The van der Waals surface area contributed by atoms with Crippen LogP contribution in [0, 0.1) is 17.2 Å². The third-order valence-electron chi connectivity index (χ3n) is 2.93. The number of piperidine rings is 1. The van der Waals surface area contributed by atoms with E-state index in [9.17, 15) is 5.11 Å². The quantitative estimate of drug-likeness (QED) is 0.539. The molecule has 1 aliphatic heterocycles. The van der Waals surface area contributed by atoms with Crippen LogP contribution in [0.5, 0.6) is 0 Å². The highest BCUT2D eigenvalue weighted by atomic mass is 16.3. The van der Waals surface area contributed by atoms with Gasteiger partial charge in [0.25, 0.3) is 0 Å². The molecule has 0 aromatic heterocycles. The van der Waals surface area contributed by atoms with Crippen LogP contribution >= 0.6 is 0 Å². The first kappa shape index (κ1) is 9.50. The Labute approximate surface area is 73.6 Å². The van der Waals surface area contributed by atoms with E-state index in [0.29, 0.717) is 12.5 Å². The van der Waals surface area contributed by atoms with Gasteiger partial charge in [-0.2, -0.15) is 5.26 Å². The van der Waals surface area contributed by atoms with E-state index in [1.807, 2.05) is 27.0 Å². The topological polar surface area (TPSA) is 47.3 Å². The van der Waals surface area contributed by atoms with Crippen molar-refractivity contribution >= 4 is 0 Å². The van der Waals surface area contributed by atoms with E-state index in [0.717, 1.165) is 6.54 Å². The van der Waals surface area contributed by atoms with Crippen LogP contribution in [0.1, 0.15) is 20.3 Å². The molecule has 12 heavy (non-hydrogen) atoms. The predicted octanol–water partition coefficient (Wildman–Crippen LogP) is 0.601. The van der Waals surface area contributed by atoms with Gasteiger partial charge < -0.3 is 10.0 Å². The summed E-state index contributed by atoms with van der Waals surface area (Å²) >= 11 is 0. The van der Waals surface area contributed by atoms with Gasteiger partial charge in [-0.05, 0) is 14.0 Å². The third kappa shape index (κ3) is 1.45. The molecular weight excluding hydrogens is 152 g/mol. The second-order valence-electron chi connectivity index (χ2n) is 3.93. The first-order valence-corrected chi connectivity index (χ1v) is 4.33. The van der Waals surface area contributed by atoms with E-state index in [4.69, 9.17) is 5.26 Å². The van der Waals surface area contributed by atoms with Gasteiger partial charge in [0.1, 0.15) is 0 Å². The summed E-state index contributed by atoms with van der Waals surface area (Å²) in [7, 11) is 2.03. The number of nitrogens with zero attached hydrogens (tertiary/aromatic N) is 2. The molecule has 0 unspecified atom stereocenters. The second-order valence-corrected chi connectivity index (χ2v) is 3.93. The van der Waals surface area contributed by atoms with E-state index in [1.165, 1.54) is 0 Å². The molecule has 0 amide bonds. The van der Waals surface area contributed by atoms with Gasteiger partial charge >= 0.3 is 0 Å². The van der Waals surface area contributed by atoms with Gasteiger partial charge in [-0.3, -0.25) is 0 Å². The van der Waals surface area contributed by atoms with Crippen LogP contribution in [-0.4, -0.2) is 35.2 Å². The molecule has 1 heterocycles. The van der Waals surface area contributed by atoms with Crippen molar-refractivity contribution in [3.8, 4) is 6.07 Å². The van der Waals surface area contributed by atoms with Crippen LogP contribution < -0.4 is 0 Å². The summed E-state index contributed by atoms with van der Waals surface area (Å²) in [4.78, 5) is 2.18. The van der Waals surface area contributed by atoms with Crippen LogP contribution in [0.2, 0.25) is 0 Å². The van der Waals surface area contributed by atoms with Crippen LogP contribution in [0.3, 0.4) is 0 Å². The molecule has 1 aliphatic rings. The number of likely N-dealkylation sites (tertiary alicyclic amines) is 1. The Morgan fingerprint density at radius 3 is 2.67 bits per heavy atom. The lowest BCUT2D eigenvalue weighted by molar-refractivity contribution is -0.0361. The molecule has 3 heteroatoms. The highest BCUT2D eigenvalue weighted by molar-refractivity contribution is 5.08. The molecule has 0 spiro atoms. The van der Waals surface area contributed by atoms with Crippen molar-refractivity contribution in [1.82, 2.24) is 4.90 Å². The zero-order valence-corrected chi connectivity index (χ0v) is 7.91. The normalized spacial score (nSPS) is 43.9. The van der Waals surface area contributed by atoms with Crippen molar-refractivity contribution in [3.05, 3.63) is 0 Å². The Morgan fingerprint density at radius 1 is 1.58 bits per heavy atom. The minimum Gasteiger partial charge on any atom is -0.375 e. The fraction of sp³-hybridized carbons (Fsp3) is 0.889. The molecule has 1 fully saturated rings. The molecule has 0 bridgehead atoms. The lowest BCUT2D eigenvalue weighted by Gasteiger charge is -2.41. The Balaban J connectivity index is 2.76. The van der Waals surface area contributed by atoms with Crippen molar-refractivity contribution in [2.24, 2.45) is 5.92 Å². The lowest BCUT2D eigenvalue weighted by atomic mass is 9.80. The Hall–Kier alpha value is -0.590. The summed E-state index contributed by atoms with van der Waals surface area (Å²) in [6.07, 6.45) is 0.557. The van der Waals surface area contributed by atoms with E-state index in [1.54, 1.807) is 0 Å². The Bertz CT molecular complexity index is 211. The van der Waals surface area contributed by atoms with Crippen LogP contribution in [0.4, 0.5) is 0 Å². The maximum Gasteiger partial charge on any atom is 0.156 e. The van der Waals surface area contributed by atoms with E-state index < -0.39 is 5.60 Å². The van der Waals surface area contributed by atoms with Crippen molar-refractivity contribution in [1.29, 1.82) is 5.26 Å². The molecule has 0 radical (unpaired) electrons. The molecule has 1 saturated heterocycles. The minimum atomic E-state index is -1.11. The van der Waals surface area contributed by atoms with Gasteiger partial charge in [0.2, 0.25) is 0 Å². The number of aliphatic hydroxyl groups is 1. The molecule has 0 aliphatic carbocycles. The molecule has 68 valence electrons. The number of hydrogen-bond acceptors (Lipinski definition) is 3. The molecule has 1 N–H and O–H groups in total. The number of nitriles is 1.